The van der Waals surface area contributed by atoms with Crippen molar-refractivity contribution in [1.29, 1.82) is 0 Å². The van der Waals surface area contributed by atoms with Gasteiger partial charge in [0.05, 0.1) is 23.2 Å². The van der Waals surface area contributed by atoms with Crippen LogP contribution in [0.1, 0.15) is 33.3 Å². The summed E-state index contributed by atoms with van der Waals surface area (Å²) >= 11 is 6.44. The Kier molecular flexibility index (Phi) is 4.81. The van der Waals surface area contributed by atoms with Crippen LogP contribution in [-0.2, 0) is 0 Å². The van der Waals surface area contributed by atoms with Gasteiger partial charge in [0.1, 0.15) is 5.15 Å². The first-order valence-electron chi connectivity index (χ1n) is 8.79. The van der Waals surface area contributed by atoms with Crippen LogP contribution < -0.4 is 5.43 Å². The Bertz CT molecular complexity index is 1240. The maximum absolute atomic E-state index is 12.4. The number of para-hydroxylation sites is 1. The van der Waals surface area contributed by atoms with Crippen molar-refractivity contribution in [1.82, 2.24) is 34.8 Å². The average Bonchev–Trinajstić information content (AvgIpc) is 3.25. The highest BCUT2D eigenvalue weighted by molar-refractivity contribution is 6.32. The molecule has 0 radical (unpaired) electrons. The molecular formula is C19H17ClN8O. The number of hydrogen-bond acceptors (Lipinski definition) is 6. The molecule has 146 valence electrons. The van der Waals surface area contributed by atoms with Gasteiger partial charge in [-0.2, -0.15) is 15.2 Å². The molecule has 1 amide bonds. The summed E-state index contributed by atoms with van der Waals surface area (Å²) in [4.78, 5) is 20.8. The van der Waals surface area contributed by atoms with Gasteiger partial charge >= 0.3 is 5.91 Å². The van der Waals surface area contributed by atoms with E-state index in [1.165, 1.54) is 10.7 Å². The number of hydrogen-bond donors (Lipinski definition) is 1. The fourth-order valence-corrected chi connectivity index (χ4v) is 3.19. The van der Waals surface area contributed by atoms with Crippen LogP contribution in [0.25, 0.3) is 11.5 Å². The Morgan fingerprint density at radius 3 is 2.66 bits per heavy atom. The predicted molar refractivity (Wildman–Crippen MR) is 109 cm³/mol. The third kappa shape index (κ3) is 3.59. The molecule has 4 aromatic rings. The van der Waals surface area contributed by atoms with Crippen molar-refractivity contribution in [2.24, 2.45) is 5.10 Å². The van der Waals surface area contributed by atoms with E-state index in [9.17, 15) is 4.79 Å². The smallest absolute Gasteiger partial charge is 0.264 e. The van der Waals surface area contributed by atoms with Gasteiger partial charge in [-0.05, 0) is 39.0 Å². The molecule has 0 unspecified atom stereocenters. The average molecular weight is 409 g/mol. The molecule has 9 nitrogen and oxygen atoms in total. The molecule has 0 aliphatic rings. The number of amides is 1. The number of carbonyl (C=O) groups is 1. The second-order valence-corrected chi connectivity index (χ2v) is 6.78. The lowest BCUT2D eigenvalue weighted by molar-refractivity contribution is 0.0945. The normalized spacial score (nSPS) is 11.4. The summed E-state index contributed by atoms with van der Waals surface area (Å²) in [6.45, 7) is 5.54. The van der Waals surface area contributed by atoms with E-state index in [2.05, 4.69) is 30.7 Å². The molecule has 10 heteroatoms. The number of fused-ring (bicyclic) bond motifs is 1. The van der Waals surface area contributed by atoms with Crippen LogP contribution in [-0.4, -0.2) is 41.5 Å². The van der Waals surface area contributed by atoms with Gasteiger partial charge in [0, 0.05) is 11.4 Å². The van der Waals surface area contributed by atoms with Crippen molar-refractivity contribution in [3.8, 4) is 5.69 Å². The predicted octanol–water partition coefficient (Wildman–Crippen LogP) is 2.65. The van der Waals surface area contributed by atoms with Crippen LogP contribution in [0, 0.1) is 20.8 Å². The lowest BCUT2D eigenvalue weighted by atomic mass is 10.3. The molecule has 0 spiro atoms. The van der Waals surface area contributed by atoms with E-state index >= 15 is 0 Å². The SMILES string of the molecule is Cc1cc(C)n2nc(C(=O)NN=Cc3c(C)nn(-c4ccccc4)c3Cl)nc2n1. The Labute approximate surface area is 171 Å². The van der Waals surface area contributed by atoms with Gasteiger partial charge in [0.2, 0.25) is 5.82 Å². The molecule has 0 aliphatic carbocycles. The van der Waals surface area contributed by atoms with Gasteiger partial charge in [-0.15, -0.1) is 5.10 Å². The van der Waals surface area contributed by atoms with Crippen molar-refractivity contribution in [3.63, 3.8) is 0 Å². The topological polar surface area (TPSA) is 102 Å². The summed E-state index contributed by atoms with van der Waals surface area (Å²) in [5.74, 6) is -0.209. The highest BCUT2D eigenvalue weighted by Gasteiger charge is 2.16. The molecule has 0 fully saturated rings. The van der Waals surface area contributed by atoms with Crippen LogP contribution in [0.2, 0.25) is 5.15 Å². The lowest BCUT2D eigenvalue weighted by Crippen LogP contribution is -2.19. The maximum atomic E-state index is 12.4. The largest absolute Gasteiger partial charge is 0.311 e. The lowest BCUT2D eigenvalue weighted by Gasteiger charge is -2.01. The Balaban J connectivity index is 1.54. The zero-order chi connectivity index (χ0) is 20.5. The van der Waals surface area contributed by atoms with E-state index in [0.29, 0.717) is 22.2 Å². The molecule has 4 rings (SSSR count). The van der Waals surface area contributed by atoms with Gasteiger partial charge in [0.15, 0.2) is 0 Å². The molecule has 0 aliphatic heterocycles. The van der Waals surface area contributed by atoms with E-state index in [-0.39, 0.29) is 5.82 Å². The van der Waals surface area contributed by atoms with Gasteiger partial charge < -0.3 is 0 Å². The van der Waals surface area contributed by atoms with Crippen molar-refractivity contribution in [2.45, 2.75) is 20.8 Å². The number of aryl methyl sites for hydroxylation is 3. The molecule has 0 atom stereocenters. The summed E-state index contributed by atoms with van der Waals surface area (Å²) in [5, 5.41) is 13.0. The first kappa shape index (κ1) is 18.8. The first-order chi connectivity index (χ1) is 13.9. The molecule has 1 aromatic carbocycles. The second kappa shape index (κ2) is 7.44. The highest BCUT2D eigenvalue weighted by atomic mass is 35.5. The Morgan fingerprint density at radius 1 is 1.14 bits per heavy atom. The summed E-state index contributed by atoms with van der Waals surface area (Å²) in [6.07, 6.45) is 1.45. The minimum absolute atomic E-state index is 0.0221. The summed E-state index contributed by atoms with van der Waals surface area (Å²) < 4.78 is 3.12. The Hall–Kier alpha value is -3.59. The molecule has 1 N–H and O–H groups in total. The number of rotatable bonds is 4. The third-order valence-corrected chi connectivity index (χ3v) is 4.59. The van der Waals surface area contributed by atoms with Crippen molar-refractivity contribution >= 4 is 29.5 Å². The number of nitrogens with one attached hydrogen (secondary N) is 1. The van der Waals surface area contributed by atoms with Crippen LogP contribution in [0.15, 0.2) is 41.5 Å². The number of benzene rings is 1. The minimum atomic E-state index is -0.548. The van der Waals surface area contributed by atoms with E-state index in [4.69, 9.17) is 11.6 Å². The van der Waals surface area contributed by atoms with Crippen molar-refractivity contribution in [2.75, 3.05) is 0 Å². The van der Waals surface area contributed by atoms with Crippen LogP contribution in [0.3, 0.4) is 0 Å². The van der Waals surface area contributed by atoms with E-state index < -0.39 is 5.91 Å². The number of nitrogens with zero attached hydrogens (tertiary/aromatic N) is 7. The standard InChI is InChI=1S/C19H17ClN8O/c1-11-9-12(2)27-19(22-11)23-17(26-27)18(29)24-21-10-15-13(3)25-28(16(15)20)14-7-5-4-6-8-14/h4-10H,1-3H3,(H,24,29). The van der Waals surface area contributed by atoms with E-state index in [1.54, 1.807) is 4.68 Å². The van der Waals surface area contributed by atoms with Crippen LogP contribution in [0.4, 0.5) is 0 Å². The summed E-state index contributed by atoms with van der Waals surface area (Å²) in [7, 11) is 0. The monoisotopic (exact) mass is 408 g/mol. The fraction of sp³-hybridized carbons (Fsp3) is 0.158. The zero-order valence-corrected chi connectivity index (χ0v) is 16.7. The van der Waals surface area contributed by atoms with Gasteiger partial charge in [-0.1, -0.05) is 29.8 Å². The van der Waals surface area contributed by atoms with Crippen LogP contribution in [0.5, 0.6) is 0 Å². The first-order valence-corrected chi connectivity index (χ1v) is 9.17. The van der Waals surface area contributed by atoms with Crippen molar-refractivity contribution in [3.05, 3.63) is 70.0 Å². The van der Waals surface area contributed by atoms with E-state index in [1.807, 2.05) is 57.2 Å². The number of hydrazone groups is 1. The zero-order valence-electron chi connectivity index (χ0n) is 16.0. The molecule has 0 saturated carbocycles. The molecule has 29 heavy (non-hydrogen) atoms. The molecule has 3 aromatic heterocycles. The minimum Gasteiger partial charge on any atom is -0.264 e. The van der Waals surface area contributed by atoms with E-state index in [0.717, 1.165) is 17.1 Å². The number of carbonyl (C=O) groups excluding carboxylic acids is 1. The maximum Gasteiger partial charge on any atom is 0.311 e. The summed E-state index contributed by atoms with van der Waals surface area (Å²) in [6, 6.07) is 11.4. The second-order valence-electron chi connectivity index (χ2n) is 6.42. The number of halogens is 1. The molecule has 3 heterocycles. The quantitative estimate of drug-likeness (QED) is 0.413. The molecule has 0 bridgehead atoms. The third-order valence-electron chi connectivity index (χ3n) is 4.23. The van der Waals surface area contributed by atoms with Gasteiger partial charge in [-0.3, -0.25) is 4.79 Å². The molecular weight excluding hydrogens is 392 g/mol. The van der Waals surface area contributed by atoms with Crippen LogP contribution >= 0.6 is 11.6 Å². The van der Waals surface area contributed by atoms with Crippen molar-refractivity contribution < 1.29 is 4.79 Å². The fourth-order valence-electron chi connectivity index (χ4n) is 2.87. The van der Waals surface area contributed by atoms with Gasteiger partial charge in [-0.25, -0.2) is 19.6 Å². The Morgan fingerprint density at radius 2 is 1.90 bits per heavy atom. The summed E-state index contributed by atoms with van der Waals surface area (Å²) in [5.41, 5.74) is 6.16. The molecule has 0 saturated heterocycles. The van der Waals surface area contributed by atoms with Gasteiger partial charge in [0.25, 0.3) is 5.78 Å². The number of aromatic nitrogens is 6. The highest BCUT2D eigenvalue weighted by Crippen LogP contribution is 2.21.